The average Bonchev–Trinajstić information content (AvgIpc) is 2.56. The number of hydrogen-bond acceptors (Lipinski definition) is 3. The smallest absolute Gasteiger partial charge is 0.254 e. The fourth-order valence-corrected chi connectivity index (χ4v) is 3.30. The van der Waals surface area contributed by atoms with E-state index in [0.717, 1.165) is 30.7 Å². The van der Waals surface area contributed by atoms with E-state index in [1.54, 1.807) is 7.11 Å². The van der Waals surface area contributed by atoms with Crippen LogP contribution in [0.4, 0.5) is 0 Å². The van der Waals surface area contributed by atoms with Gasteiger partial charge >= 0.3 is 0 Å². The molecule has 0 aromatic heterocycles. The minimum atomic E-state index is 0.102. The van der Waals surface area contributed by atoms with Crippen molar-refractivity contribution >= 4 is 5.91 Å². The predicted molar refractivity (Wildman–Crippen MR) is 84.5 cm³/mol. The quantitative estimate of drug-likeness (QED) is 0.907. The van der Waals surface area contributed by atoms with Crippen LogP contribution in [0.5, 0.6) is 5.75 Å². The highest BCUT2D eigenvalue weighted by Gasteiger charge is 2.31. The summed E-state index contributed by atoms with van der Waals surface area (Å²) in [6, 6.07) is 7.63. The summed E-state index contributed by atoms with van der Waals surface area (Å²) in [6.45, 7) is 3.44. The molecule has 1 aliphatic rings. The van der Waals surface area contributed by atoms with Gasteiger partial charge in [-0.3, -0.25) is 4.79 Å². The Bertz CT molecular complexity index is 458. The van der Waals surface area contributed by atoms with Crippen LogP contribution in [0.3, 0.4) is 0 Å². The van der Waals surface area contributed by atoms with Gasteiger partial charge in [0.1, 0.15) is 5.75 Å². The van der Waals surface area contributed by atoms with Gasteiger partial charge in [-0.25, -0.2) is 0 Å². The van der Waals surface area contributed by atoms with Crippen molar-refractivity contribution in [3.8, 4) is 5.75 Å². The van der Waals surface area contributed by atoms with Gasteiger partial charge in [-0.15, -0.1) is 0 Å². The predicted octanol–water partition coefficient (Wildman–Crippen LogP) is 2.67. The first-order chi connectivity index (χ1) is 10.2. The van der Waals surface area contributed by atoms with E-state index in [2.05, 4.69) is 0 Å². The molecule has 0 spiro atoms. The molecular weight excluding hydrogens is 264 g/mol. The van der Waals surface area contributed by atoms with Crippen LogP contribution >= 0.6 is 0 Å². The average molecular weight is 290 g/mol. The molecule has 1 aliphatic carbocycles. The Balaban J connectivity index is 2.16. The van der Waals surface area contributed by atoms with Crippen molar-refractivity contribution < 1.29 is 9.53 Å². The third-order valence-electron chi connectivity index (χ3n) is 4.51. The Morgan fingerprint density at radius 1 is 1.29 bits per heavy atom. The first-order valence-electron chi connectivity index (χ1n) is 7.86. The number of carbonyl (C=O) groups is 1. The van der Waals surface area contributed by atoms with Crippen LogP contribution in [-0.2, 0) is 0 Å². The molecule has 0 heterocycles. The SMILES string of the molecule is CCN(C(=O)c1ccc(OC)cc1)C1CCCCC1CN. The van der Waals surface area contributed by atoms with Crippen molar-refractivity contribution in [3.05, 3.63) is 29.8 Å². The number of hydrogen-bond donors (Lipinski definition) is 1. The zero-order valence-corrected chi connectivity index (χ0v) is 13.0. The van der Waals surface area contributed by atoms with Crippen LogP contribution in [0.1, 0.15) is 43.0 Å². The summed E-state index contributed by atoms with van der Waals surface area (Å²) in [6.07, 6.45) is 4.62. The van der Waals surface area contributed by atoms with E-state index < -0.39 is 0 Å². The Hall–Kier alpha value is -1.55. The van der Waals surface area contributed by atoms with Crippen LogP contribution in [0.15, 0.2) is 24.3 Å². The van der Waals surface area contributed by atoms with Crippen molar-refractivity contribution in [1.82, 2.24) is 4.90 Å². The summed E-state index contributed by atoms with van der Waals surface area (Å²) in [5, 5.41) is 0. The van der Waals surface area contributed by atoms with Gasteiger partial charge in [0, 0.05) is 18.2 Å². The molecule has 4 heteroatoms. The lowest BCUT2D eigenvalue weighted by Gasteiger charge is -2.39. The van der Waals surface area contributed by atoms with Gasteiger partial charge in [0.25, 0.3) is 5.91 Å². The number of rotatable bonds is 5. The standard InChI is InChI=1S/C17H26N2O2/c1-3-19(16-7-5-4-6-14(16)12-18)17(20)13-8-10-15(21-2)11-9-13/h8-11,14,16H,3-7,12,18H2,1-2H3. The number of benzene rings is 1. The first-order valence-corrected chi connectivity index (χ1v) is 7.86. The first kappa shape index (κ1) is 15.8. The maximum atomic E-state index is 12.8. The number of methoxy groups -OCH3 is 1. The van der Waals surface area contributed by atoms with Crippen molar-refractivity contribution in [2.24, 2.45) is 11.7 Å². The zero-order chi connectivity index (χ0) is 15.2. The number of ether oxygens (including phenoxy) is 1. The summed E-state index contributed by atoms with van der Waals surface area (Å²) in [5.74, 6) is 1.30. The van der Waals surface area contributed by atoms with E-state index in [0.29, 0.717) is 12.5 Å². The molecule has 2 rings (SSSR count). The molecule has 2 atom stereocenters. The fraction of sp³-hybridized carbons (Fsp3) is 0.588. The summed E-state index contributed by atoms with van der Waals surface area (Å²) in [5.41, 5.74) is 6.63. The van der Waals surface area contributed by atoms with Gasteiger partial charge in [-0.1, -0.05) is 12.8 Å². The molecule has 0 aliphatic heterocycles. The molecule has 0 bridgehead atoms. The summed E-state index contributed by atoms with van der Waals surface area (Å²) in [4.78, 5) is 14.8. The Morgan fingerprint density at radius 3 is 2.52 bits per heavy atom. The normalized spacial score (nSPS) is 21.9. The van der Waals surface area contributed by atoms with Crippen molar-refractivity contribution in [3.63, 3.8) is 0 Å². The minimum Gasteiger partial charge on any atom is -0.497 e. The lowest BCUT2D eigenvalue weighted by molar-refractivity contribution is 0.0560. The van der Waals surface area contributed by atoms with E-state index in [-0.39, 0.29) is 11.9 Å². The van der Waals surface area contributed by atoms with Crippen LogP contribution in [-0.4, -0.2) is 37.0 Å². The number of nitrogens with two attached hydrogens (primary N) is 1. The molecule has 1 amide bonds. The molecule has 2 N–H and O–H groups in total. The molecular formula is C17H26N2O2. The van der Waals surface area contributed by atoms with Gasteiger partial charge in [0.15, 0.2) is 0 Å². The number of amides is 1. The Kier molecular flexibility index (Phi) is 5.62. The highest BCUT2D eigenvalue weighted by molar-refractivity contribution is 5.94. The Morgan fingerprint density at radius 2 is 1.95 bits per heavy atom. The lowest BCUT2D eigenvalue weighted by Crippen LogP contribution is -2.48. The van der Waals surface area contributed by atoms with E-state index in [9.17, 15) is 4.79 Å². The number of carbonyl (C=O) groups excluding carboxylic acids is 1. The summed E-state index contributed by atoms with van der Waals surface area (Å²) in [7, 11) is 1.63. The molecule has 1 fully saturated rings. The van der Waals surface area contributed by atoms with Crippen molar-refractivity contribution in [1.29, 1.82) is 0 Å². The second-order valence-electron chi connectivity index (χ2n) is 5.67. The van der Waals surface area contributed by atoms with Crippen LogP contribution in [0, 0.1) is 5.92 Å². The highest BCUT2D eigenvalue weighted by Crippen LogP contribution is 2.29. The maximum absolute atomic E-state index is 12.8. The molecule has 4 nitrogen and oxygen atoms in total. The van der Waals surface area contributed by atoms with Crippen LogP contribution < -0.4 is 10.5 Å². The molecule has 0 radical (unpaired) electrons. The van der Waals surface area contributed by atoms with Gasteiger partial charge in [0.2, 0.25) is 0 Å². The molecule has 1 saturated carbocycles. The lowest BCUT2D eigenvalue weighted by atomic mass is 9.83. The topological polar surface area (TPSA) is 55.6 Å². The van der Waals surface area contributed by atoms with Crippen LogP contribution in [0.2, 0.25) is 0 Å². The van der Waals surface area contributed by atoms with E-state index >= 15 is 0 Å². The van der Waals surface area contributed by atoms with Gasteiger partial charge in [-0.2, -0.15) is 0 Å². The third-order valence-corrected chi connectivity index (χ3v) is 4.51. The van der Waals surface area contributed by atoms with E-state index in [1.807, 2.05) is 36.1 Å². The largest absolute Gasteiger partial charge is 0.497 e. The minimum absolute atomic E-state index is 0.102. The van der Waals surface area contributed by atoms with E-state index in [4.69, 9.17) is 10.5 Å². The number of nitrogens with zero attached hydrogens (tertiary/aromatic N) is 1. The van der Waals surface area contributed by atoms with Crippen molar-refractivity contribution in [2.75, 3.05) is 20.2 Å². The molecule has 0 saturated heterocycles. The monoisotopic (exact) mass is 290 g/mol. The molecule has 1 aromatic carbocycles. The van der Waals surface area contributed by atoms with Gasteiger partial charge in [0.05, 0.1) is 7.11 Å². The van der Waals surface area contributed by atoms with Gasteiger partial charge < -0.3 is 15.4 Å². The molecule has 21 heavy (non-hydrogen) atoms. The van der Waals surface area contributed by atoms with Crippen LogP contribution in [0.25, 0.3) is 0 Å². The maximum Gasteiger partial charge on any atom is 0.254 e. The third kappa shape index (κ3) is 3.56. The molecule has 116 valence electrons. The van der Waals surface area contributed by atoms with Crippen molar-refractivity contribution in [2.45, 2.75) is 38.6 Å². The fourth-order valence-electron chi connectivity index (χ4n) is 3.30. The second-order valence-corrected chi connectivity index (χ2v) is 5.67. The zero-order valence-electron chi connectivity index (χ0n) is 13.0. The molecule has 1 aromatic rings. The molecule has 2 unspecified atom stereocenters. The summed E-state index contributed by atoms with van der Waals surface area (Å²) < 4.78 is 5.15. The van der Waals surface area contributed by atoms with Gasteiger partial charge in [-0.05, 0) is 56.5 Å². The summed E-state index contributed by atoms with van der Waals surface area (Å²) >= 11 is 0. The van der Waals surface area contributed by atoms with E-state index in [1.165, 1.54) is 12.8 Å². The Labute approximate surface area is 127 Å². The second kappa shape index (κ2) is 7.46. The highest BCUT2D eigenvalue weighted by atomic mass is 16.5.